The number of anilines is 1. The summed E-state index contributed by atoms with van der Waals surface area (Å²) in [4.78, 5) is 22.6. The van der Waals surface area contributed by atoms with Crippen molar-refractivity contribution in [1.29, 1.82) is 0 Å². The van der Waals surface area contributed by atoms with Gasteiger partial charge >= 0.3 is 5.97 Å². The maximum atomic E-state index is 12.0. The standard InChI is InChI=1S/C14H16N4O4/c1-2-22-12-5-3-10(4-6-12)16-13(19)9-18-11(7-14(20)21)8-15-17-18/h3-6,8H,2,7,9H2,1H3,(H,16,19)(H,20,21). The van der Waals surface area contributed by atoms with Gasteiger partial charge in [0.15, 0.2) is 0 Å². The molecule has 0 atom stereocenters. The molecule has 1 aromatic carbocycles. The molecule has 1 amide bonds. The van der Waals surface area contributed by atoms with E-state index >= 15 is 0 Å². The SMILES string of the molecule is CCOc1ccc(NC(=O)Cn2nncc2CC(=O)O)cc1. The third-order valence-corrected chi connectivity index (χ3v) is 2.77. The second-order valence-corrected chi connectivity index (χ2v) is 4.46. The van der Waals surface area contributed by atoms with E-state index in [1.165, 1.54) is 10.9 Å². The molecule has 0 aliphatic heterocycles. The van der Waals surface area contributed by atoms with Crippen molar-refractivity contribution in [3.63, 3.8) is 0 Å². The second kappa shape index (κ2) is 7.21. The maximum absolute atomic E-state index is 12.0. The summed E-state index contributed by atoms with van der Waals surface area (Å²) in [6.45, 7) is 2.36. The van der Waals surface area contributed by atoms with Crippen LogP contribution < -0.4 is 10.1 Å². The van der Waals surface area contributed by atoms with Crippen LogP contribution in [0, 0.1) is 0 Å². The van der Waals surface area contributed by atoms with E-state index in [-0.39, 0.29) is 18.9 Å². The topological polar surface area (TPSA) is 106 Å². The molecule has 0 saturated carbocycles. The van der Waals surface area contributed by atoms with E-state index in [9.17, 15) is 9.59 Å². The number of hydrogen-bond donors (Lipinski definition) is 2. The highest BCUT2D eigenvalue weighted by Gasteiger charge is 2.11. The van der Waals surface area contributed by atoms with Crippen LogP contribution in [0.2, 0.25) is 0 Å². The Morgan fingerprint density at radius 2 is 2.05 bits per heavy atom. The normalized spacial score (nSPS) is 10.2. The minimum absolute atomic E-state index is 0.101. The Bertz CT molecular complexity index is 651. The molecule has 22 heavy (non-hydrogen) atoms. The summed E-state index contributed by atoms with van der Waals surface area (Å²) in [5.74, 6) is -0.600. The van der Waals surface area contributed by atoms with Crippen LogP contribution in [-0.2, 0) is 22.6 Å². The van der Waals surface area contributed by atoms with Crippen LogP contribution in [0.1, 0.15) is 12.6 Å². The van der Waals surface area contributed by atoms with Gasteiger partial charge in [0.25, 0.3) is 0 Å². The zero-order chi connectivity index (χ0) is 15.9. The first-order valence-corrected chi connectivity index (χ1v) is 6.70. The lowest BCUT2D eigenvalue weighted by Gasteiger charge is -2.08. The molecule has 0 aliphatic carbocycles. The molecule has 8 nitrogen and oxygen atoms in total. The molecular formula is C14H16N4O4. The van der Waals surface area contributed by atoms with Crippen molar-refractivity contribution in [2.75, 3.05) is 11.9 Å². The molecule has 0 aliphatic rings. The lowest BCUT2D eigenvalue weighted by Crippen LogP contribution is -2.21. The molecule has 2 aromatic rings. The summed E-state index contributed by atoms with van der Waals surface area (Å²) in [6, 6.07) is 6.96. The number of rotatable bonds is 7. The Balaban J connectivity index is 1.95. The van der Waals surface area contributed by atoms with Gasteiger partial charge in [-0.1, -0.05) is 5.21 Å². The Hall–Kier alpha value is -2.90. The molecule has 0 spiro atoms. The van der Waals surface area contributed by atoms with Crippen LogP contribution in [0.15, 0.2) is 30.5 Å². The summed E-state index contributed by atoms with van der Waals surface area (Å²) < 4.78 is 6.57. The van der Waals surface area contributed by atoms with Crippen LogP contribution in [0.4, 0.5) is 5.69 Å². The first-order chi connectivity index (χ1) is 10.6. The highest BCUT2D eigenvalue weighted by Crippen LogP contribution is 2.15. The zero-order valence-corrected chi connectivity index (χ0v) is 12.0. The molecule has 0 saturated heterocycles. The number of nitrogens with zero attached hydrogens (tertiary/aromatic N) is 3. The van der Waals surface area contributed by atoms with Crippen LogP contribution in [0.3, 0.4) is 0 Å². The molecule has 8 heteroatoms. The number of amides is 1. The Morgan fingerprint density at radius 3 is 2.68 bits per heavy atom. The van der Waals surface area contributed by atoms with Gasteiger partial charge in [0, 0.05) is 5.69 Å². The fraction of sp³-hybridized carbons (Fsp3) is 0.286. The van der Waals surface area contributed by atoms with Crippen molar-refractivity contribution >= 4 is 17.6 Å². The molecule has 0 radical (unpaired) electrons. The average Bonchev–Trinajstić information content (AvgIpc) is 2.87. The number of benzene rings is 1. The van der Waals surface area contributed by atoms with E-state index < -0.39 is 5.97 Å². The fourth-order valence-electron chi connectivity index (χ4n) is 1.84. The number of ether oxygens (including phenoxy) is 1. The third-order valence-electron chi connectivity index (χ3n) is 2.77. The second-order valence-electron chi connectivity index (χ2n) is 4.46. The first kappa shape index (κ1) is 15.5. The van der Waals surface area contributed by atoms with Gasteiger partial charge in [0.2, 0.25) is 5.91 Å². The molecule has 1 aromatic heterocycles. The number of carboxylic acid groups (broad SMARTS) is 1. The summed E-state index contributed by atoms with van der Waals surface area (Å²) in [6.07, 6.45) is 1.10. The molecule has 2 N–H and O–H groups in total. The van der Waals surface area contributed by atoms with E-state index in [1.54, 1.807) is 24.3 Å². The number of carbonyl (C=O) groups excluding carboxylic acids is 1. The molecule has 116 valence electrons. The number of nitrogens with one attached hydrogen (secondary N) is 1. The first-order valence-electron chi connectivity index (χ1n) is 6.70. The highest BCUT2D eigenvalue weighted by atomic mass is 16.5. The molecule has 0 fully saturated rings. The number of hydrogen-bond acceptors (Lipinski definition) is 5. The lowest BCUT2D eigenvalue weighted by atomic mass is 10.3. The van der Waals surface area contributed by atoms with E-state index in [2.05, 4.69) is 15.6 Å². The fourth-order valence-corrected chi connectivity index (χ4v) is 1.84. The van der Waals surface area contributed by atoms with Gasteiger partial charge in [-0.2, -0.15) is 0 Å². The molecular weight excluding hydrogens is 288 g/mol. The molecule has 1 heterocycles. The van der Waals surface area contributed by atoms with Crippen LogP contribution >= 0.6 is 0 Å². The van der Waals surface area contributed by atoms with Crippen molar-refractivity contribution in [2.24, 2.45) is 0 Å². The summed E-state index contributed by atoms with van der Waals surface area (Å²) in [5.41, 5.74) is 0.989. The minimum atomic E-state index is -1.00. The van der Waals surface area contributed by atoms with E-state index in [1.807, 2.05) is 6.92 Å². The van der Waals surface area contributed by atoms with Crippen LogP contribution in [-0.4, -0.2) is 38.6 Å². The van der Waals surface area contributed by atoms with Crippen molar-refractivity contribution in [2.45, 2.75) is 19.9 Å². The van der Waals surface area contributed by atoms with Crippen LogP contribution in [0.25, 0.3) is 0 Å². The van der Waals surface area contributed by atoms with Crippen molar-refractivity contribution < 1.29 is 19.4 Å². The van der Waals surface area contributed by atoms with Crippen LogP contribution in [0.5, 0.6) is 5.75 Å². The van der Waals surface area contributed by atoms with Gasteiger partial charge in [0.1, 0.15) is 12.3 Å². The van der Waals surface area contributed by atoms with Gasteiger partial charge in [-0.05, 0) is 31.2 Å². The third kappa shape index (κ3) is 4.30. The number of carboxylic acids is 1. The summed E-state index contributed by atoms with van der Waals surface area (Å²) in [5, 5.41) is 18.8. The summed E-state index contributed by atoms with van der Waals surface area (Å²) >= 11 is 0. The molecule has 0 bridgehead atoms. The minimum Gasteiger partial charge on any atom is -0.494 e. The van der Waals surface area contributed by atoms with Gasteiger partial charge in [-0.25, -0.2) is 4.68 Å². The van der Waals surface area contributed by atoms with Crippen molar-refractivity contribution in [3.05, 3.63) is 36.2 Å². The van der Waals surface area contributed by atoms with Gasteiger partial charge in [0.05, 0.1) is 24.9 Å². The summed E-state index contributed by atoms with van der Waals surface area (Å²) in [7, 11) is 0. The lowest BCUT2D eigenvalue weighted by molar-refractivity contribution is -0.136. The van der Waals surface area contributed by atoms with Gasteiger partial charge in [-0.15, -0.1) is 5.10 Å². The number of aromatic nitrogens is 3. The van der Waals surface area contributed by atoms with E-state index in [0.717, 1.165) is 5.75 Å². The number of carbonyl (C=O) groups is 2. The van der Waals surface area contributed by atoms with Gasteiger partial charge < -0.3 is 15.2 Å². The Kier molecular flexibility index (Phi) is 5.07. The van der Waals surface area contributed by atoms with Crippen molar-refractivity contribution in [3.8, 4) is 5.75 Å². The monoisotopic (exact) mass is 304 g/mol. The molecule has 0 unspecified atom stereocenters. The quantitative estimate of drug-likeness (QED) is 0.788. The van der Waals surface area contributed by atoms with Crippen molar-refractivity contribution in [1.82, 2.24) is 15.0 Å². The largest absolute Gasteiger partial charge is 0.494 e. The van der Waals surface area contributed by atoms with E-state index in [0.29, 0.717) is 18.0 Å². The van der Waals surface area contributed by atoms with E-state index in [4.69, 9.17) is 9.84 Å². The highest BCUT2D eigenvalue weighted by molar-refractivity contribution is 5.90. The maximum Gasteiger partial charge on any atom is 0.309 e. The Morgan fingerprint density at radius 1 is 1.32 bits per heavy atom. The smallest absolute Gasteiger partial charge is 0.309 e. The predicted octanol–water partition coefficient (Wildman–Crippen LogP) is 0.943. The Labute approximate surface area is 126 Å². The molecule has 2 rings (SSSR count). The number of aliphatic carboxylic acids is 1. The van der Waals surface area contributed by atoms with Gasteiger partial charge in [-0.3, -0.25) is 9.59 Å². The average molecular weight is 304 g/mol. The zero-order valence-electron chi connectivity index (χ0n) is 12.0. The predicted molar refractivity (Wildman–Crippen MR) is 77.6 cm³/mol.